The van der Waals surface area contributed by atoms with Crippen LogP contribution in [-0.4, -0.2) is 60.4 Å². The average molecular weight is 431 g/mol. The lowest BCUT2D eigenvalue weighted by atomic mass is 10.1. The van der Waals surface area contributed by atoms with E-state index < -0.39 is 5.91 Å². The van der Waals surface area contributed by atoms with Crippen molar-refractivity contribution in [3.8, 4) is 5.75 Å². The predicted octanol–water partition coefficient (Wildman–Crippen LogP) is 2.58. The van der Waals surface area contributed by atoms with Crippen molar-refractivity contribution in [1.82, 2.24) is 9.80 Å². The number of nitrogens with one attached hydrogen (secondary N) is 1. The van der Waals surface area contributed by atoms with Gasteiger partial charge in [-0.2, -0.15) is 0 Å². The number of carbonyl (C=O) groups excluding carboxylic acids is 3. The molecular weight excluding hydrogens is 408 g/mol. The number of anilines is 1. The molecule has 0 bridgehead atoms. The molecule has 3 N–H and O–H groups in total. The number of benzene rings is 2. The average Bonchev–Trinajstić information content (AvgIpc) is 2.98. The highest BCUT2D eigenvalue weighted by molar-refractivity contribution is 6.30. The number of primary amides is 1. The monoisotopic (exact) mass is 430 g/mol. The molecule has 0 unspecified atom stereocenters. The molecule has 2 aromatic rings. The summed E-state index contributed by atoms with van der Waals surface area (Å²) in [5, 5.41) is 3.37. The minimum Gasteiger partial charge on any atom is -0.483 e. The molecule has 9 heteroatoms. The second-order valence-electron chi connectivity index (χ2n) is 6.82. The van der Waals surface area contributed by atoms with Gasteiger partial charge in [-0.25, -0.2) is 4.79 Å². The largest absolute Gasteiger partial charge is 0.483 e. The first-order chi connectivity index (χ1) is 14.4. The molecule has 0 aromatic heterocycles. The fourth-order valence-electron chi connectivity index (χ4n) is 3.18. The van der Waals surface area contributed by atoms with Crippen LogP contribution in [0.25, 0.3) is 0 Å². The van der Waals surface area contributed by atoms with Gasteiger partial charge in [0.15, 0.2) is 6.61 Å². The van der Waals surface area contributed by atoms with E-state index in [1.54, 1.807) is 58.3 Å². The fraction of sp³-hybridized carbons (Fsp3) is 0.286. The maximum Gasteiger partial charge on any atom is 0.321 e. The third kappa shape index (κ3) is 5.64. The SMILES string of the molecule is NC(=O)COc1ccccc1C(=O)N1CCCN(C(=O)Nc2cccc(Cl)c2)CC1. The van der Waals surface area contributed by atoms with Crippen LogP contribution >= 0.6 is 11.6 Å². The van der Waals surface area contributed by atoms with E-state index in [1.807, 2.05) is 0 Å². The maximum absolute atomic E-state index is 13.0. The summed E-state index contributed by atoms with van der Waals surface area (Å²) in [4.78, 5) is 40.0. The molecule has 0 aliphatic carbocycles. The smallest absolute Gasteiger partial charge is 0.321 e. The summed E-state index contributed by atoms with van der Waals surface area (Å²) in [7, 11) is 0. The molecule has 1 aliphatic rings. The van der Waals surface area contributed by atoms with Crippen molar-refractivity contribution in [3.63, 3.8) is 0 Å². The van der Waals surface area contributed by atoms with Gasteiger partial charge in [-0.05, 0) is 36.8 Å². The maximum atomic E-state index is 13.0. The normalized spacial score (nSPS) is 14.0. The number of halogens is 1. The van der Waals surface area contributed by atoms with E-state index >= 15 is 0 Å². The zero-order chi connectivity index (χ0) is 21.5. The Morgan fingerprint density at radius 3 is 2.50 bits per heavy atom. The predicted molar refractivity (Wildman–Crippen MR) is 114 cm³/mol. The Balaban J connectivity index is 1.63. The molecule has 0 radical (unpaired) electrons. The number of nitrogens with zero attached hydrogens (tertiary/aromatic N) is 2. The molecule has 0 saturated carbocycles. The fourth-order valence-corrected chi connectivity index (χ4v) is 3.37. The van der Waals surface area contributed by atoms with E-state index in [-0.39, 0.29) is 18.5 Å². The van der Waals surface area contributed by atoms with Gasteiger partial charge in [-0.3, -0.25) is 9.59 Å². The van der Waals surface area contributed by atoms with Crippen LogP contribution in [0.2, 0.25) is 5.02 Å². The second kappa shape index (κ2) is 9.98. The van der Waals surface area contributed by atoms with Crippen LogP contribution in [0.4, 0.5) is 10.5 Å². The van der Waals surface area contributed by atoms with Gasteiger partial charge in [0.25, 0.3) is 11.8 Å². The van der Waals surface area contributed by atoms with Crippen molar-refractivity contribution in [2.24, 2.45) is 5.73 Å². The minimum atomic E-state index is -0.617. The number of hydrogen-bond acceptors (Lipinski definition) is 4. The Morgan fingerprint density at radius 2 is 1.73 bits per heavy atom. The number of amides is 4. The van der Waals surface area contributed by atoms with Crippen LogP contribution in [0.1, 0.15) is 16.8 Å². The summed E-state index contributed by atoms with van der Waals surface area (Å²) < 4.78 is 5.37. The molecule has 158 valence electrons. The molecule has 1 heterocycles. The van der Waals surface area contributed by atoms with Crippen LogP contribution < -0.4 is 15.8 Å². The van der Waals surface area contributed by atoms with Crippen molar-refractivity contribution < 1.29 is 19.1 Å². The highest BCUT2D eigenvalue weighted by Gasteiger charge is 2.24. The van der Waals surface area contributed by atoms with Gasteiger partial charge >= 0.3 is 6.03 Å². The van der Waals surface area contributed by atoms with Crippen LogP contribution in [0, 0.1) is 0 Å². The number of ether oxygens (including phenoxy) is 1. The van der Waals surface area contributed by atoms with Crippen molar-refractivity contribution >= 4 is 35.1 Å². The Labute approximate surface area is 179 Å². The molecule has 3 rings (SSSR count). The van der Waals surface area contributed by atoms with Crippen LogP contribution in [0.5, 0.6) is 5.75 Å². The zero-order valence-electron chi connectivity index (χ0n) is 16.3. The van der Waals surface area contributed by atoms with Gasteiger partial charge in [0.1, 0.15) is 5.75 Å². The number of urea groups is 1. The van der Waals surface area contributed by atoms with E-state index in [0.717, 1.165) is 0 Å². The molecule has 1 saturated heterocycles. The third-order valence-electron chi connectivity index (χ3n) is 4.63. The third-order valence-corrected chi connectivity index (χ3v) is 4.87. The van der Waals surface area contributed by atoms with Crippen molar-refractivity contribution in [2.45, 2.75) is 6.42 Å². The van der Waals surface area contributed by atoms with E-state index in [2.05, 4.69) is 5.32 Å². The van der Waals surface area contributed by atoms with Gasteiger partial charge in [0.2, 0.25) is 0 Å². The lowest BCUT2D eigenvalue weighted by Gasteiger charge is -2.23. The van der Waals surface area contributed by atoms with E-state index in [1.165, 1.54) is 0 Å². The molecule has 2 aromatic carbocycles. The highest BCUT2D eigenvalue weighted by Crippen LogP contribution is 2.21. The summed E-state index contributed by atoms with van der Waals surface area (Å²) >= 11 is 5.96. The Bertz CT molecular complexity index is 937. The van der Waals surface area contributed by atoms with Gasteiger partial charge in [-0.15, -0.1) is 0 Å². The van der Waals surface area contributed by atoms with Crippen molar-refractivity contribution in [2.75, 3.05) is 38.1 Å². The molecule has 8 nitrogen and oxygen atoms in total. The van der Waals surface area contributed by atoms with Crippen molar-refractivity contribution in [1.29, 1.82) is 0 Å². The summed E-state index contributed by atoms with van der Waals surface area (Å²) in [6, 6.07) is 13.4. The standard InChI is InChI=1S/C21H23ClN4O4/c22-15-5-3-6-16(13-15)24-21(29)26-10-4-9-25(11-12-26)20(28)17-7-1-2-8-18(17)30-14-19(23)27/h1-3,5-8,13H,4,9-12,14H2,(H2,23,27)(H,24,29). The molecule has 0 atom stereocenters. The Morgan fingerprint density at radius 1 is 1.00 bits per heavy atom. The minimum absolute atomic E-state index is 0.216. The van der Waals surface area contributed by atoms with Crippen LogP contribution in [0.3, 0.4) is 0 Å². The molecule has 1 aliphatic heterocycles. The van der Waals surface area contributed by atoms with E-state index in [4.69, 9.17) is 22.1 Å². The molecule has 0 spiro atoms. The summed E-state index contributed by atoms with van der Waals surface area (Å²) in [6.07, 6.45) is 0.638. The van der Waals surface area contributed by atoms with Gasteiger partial charge in [0, 0.05) is 36.9 Å². The van der Waals surface area contributed by atoms with E-state index in [9.17, 15) is 14.4 Å². The first kappa shape index (κ1) is 21.4. The Hall–Kier alpha value is -3.26. The molecule has 1 fully saturated rings. The van der Waals surface area contributed by atoms with Gasteiger partial charge < -0.3 is 25.6 Å². The number of para-hydroxylation sites is 1. The lowest BCUT2D eigenvalue weighted by Crippen LogP contribution is -2.39. The highest BCUT2D eigenvalue weighted by atomic mass is 35.5. The van der Waals surface area contributed by atoms with E-state index in [0.29, 0.717) is 54.6 Å². The lowest BCUT2D eigenvalue weighted by molar-refractivity contribution is -0.119. The van der Waals surface area contributed by atoms with Crippen LogP contribution in [-0.2, 0) is 4.79 Å². The number of nitrogens with two attached hydrogens (primary N) is 1. The summed E-state index contributed by atoms with van der Waals surface area (Å²) in [6.45, 7) is 1.50. The molecule has 4 amide bonds. The molecular formula is C21H23ClN4O4. The Kier molecular flexibility index (Phi) is 7.13. The number of hydrogen-bond donors (Lipinski definition) is 2. The summed E-state index contributed by atoms with van der Waals surface area (Å²) in [5.41, 5.74) is 6.10. The topological polar surface area (TPSA) is 105 Å². The second-order valence-corrected chi connectivity index (χ2v) is 7.26. The van der Waals surface area contributed by atoms with Crippen LogP contribution in [0.15, 0.2) is 48.5 Å². The molecule has 30 heavy (non-hydrogen) atoms. The number of rotatable bonds is 5. The summed E-state index contributed by atoms with van der Waals surface area (Å²) in [5.74, 6) is -0.526. The van der Waals surface area contributed by atoms with Gasteiger partial charge in [-0.1, -0.05) is 29.8 Å². The zero-order valence-corrected chi connectivity index (χ0v) is 17.1. The number of carbonyl (C=O) groups is 3. The van der Waals surface area contributed by atoms with Gasteiger partial charge in [0.05, 0.1) is 5.56 Å². The first-order valence-electron chi connectivity index (χ1n) is 9.55. The quantitative estimate of drug-likeness (QED) is 0.760. The van der Waals surface area contributed by atoms with Crippen molar-refractivity contribution in [3.05, 3.63) is 59.1 Å². The first-order valence-corrected chi connectivity index (χ1v) is 9.93.